The molecule has 1 aromatic rings. The van der Waals surface area contributed by atoms with Gasteiger partial charge in [-0.25, -0.2) is 13.1 Å². The fourth-order valence-corrected chi connectivity index (χ4v) is 3.73. The van der Waals surface area contributed by atoms with E-state index in [0.29, 0.717) is 19.0 Å². The number of nitrogens with zero attached hydrogens (tertiary/aromatic N) is 2. The van der Waals surface area contributed by atoms with Crippen LogP contribution in [0.2, 0.25) is 0 Å². The van der Waals surface area contributed by atoms with Gasteiger partial charge in [-0.15, -0.1) is 24.0 Å². The number of halogens is 1. The molecule has 6 nitrogen and oxygen atoms in total. The highest BCUT2D eigenvalue weighted by atomic mass is 127. The minimum Gasteiger partial charge on any atom is -0.355 e. The average Bonchev–Trinajstić information content (AvgIpc) is 2.64. The standard InChI is InChI=1S/C18H30N4O2S.HI/c1-3-25(23,24)21-12-11-20-18(19-2)22-13-9-17(10-14-22)15-16-7-5-4-6-8-16;/h4-8,17,21H,3,9-15H2,1-2H3,(H,19,20);1H. The summed E-state index contributed by atoms with van der Waals surface area (Å²) in [6.45, 7) is 4.51. The zero-order valence-corrected chi connectivity index (χ0v) is 18.8. The third kappa shape index (κ3) is 7.79. The van der Waals surface area contributed by atoms with Gasteiger partial charge in [-0.1, -0.05) is 30.3 Å². The summed E-state index contributed by atoms with van der Waals surface area (Å²) in [4.78, 5) is 6.59. The summed E-state index contributed by atoms with van der Waals surface area (Å²) in [5.41, 5.74) is 1.41. The molecule has 0 spiro atoms. The molecule has 1 saturated heterocycles. The predicted molar refractivity (Wildman–Crippen MR) is 119 cm³/mol. The smallest absolute Gasteiger partial charge is 0.211 e. The van der Waals surface area contributed by atoms with Gasteiger partial charge in [0.25, 0.3) is 0 Å². The number of benzene rings is 1. The monoisotopic (exact) mass is 494 g/mol. The molecule has 0 amide bonds. The maximum absolute atomic E-state index is 11.4. The minimum atomic E-state index is -3.13. The second-order valence-corrected chi connectivity index (χ2v) is 8.49. The molecule has 0 aromatic heterocycles. The van der Waals surface area contributed by atoms with Crippen LogP contribution < -0.4 is 10.0 Å². The normalized spacial score (nSPS) is 16.2. The molecular weight excluding hydrogens is 463 g/mol. The van der Waals surface area contributed by atoms with Crippen LogP contribution in [-0.4, -0.2) is 58.3 Å². The van der Waals surface area contributed by atoms with Crippen LogP contribution in [0.3, 0.4) is 0 Å². The maximum atomic E-state index is 11.4. The Hall–Kier alpha value is -0.870. The first-order valence-electron chi connectivity index (χ1n) is 9.01. The van der Waals surface area contributed by atoms with Gasteiger partial charge in [0.15, 0.2) is 5.96 Å². The van der Waals surface area contributed by atoms with Gasteiger partial charge in [0.05, 0.1) is 5.75 Å². The Balaban J connectivity index is 0.00000338. The summed E-state index contributed by atoms with van der Waals surface area (Å²) < 4.78 is 25.4. The summed E-state index contributed by atoms with van der Waals surface area (Å²) >= 11 is 0. The van der Waals surface area contributed by atoms with E-state index in [1.807, 2.05) is 0 Å². The van der Waals surface area contributed by atoms with Crippen molar-refractivity contribution in [3.63, 3.8) is 0 Å². The van der Waals surface area contributed by atoms with Crippen molar-refractivity contribution in [1.82, 2.24) is 14.9 Å². The fraction of sp³-hybridized carbons (Fsp3) is 0.611. The van der Waals surface area contributed by atoms with E-state index in [1.54, 1.807) is 14.0 Å². The molecular formula is C18H31IN4O2S. The van der Waals surface area contributed by atoms with Crippen molar-refractivity contribution >= 4 is 40.0 Å². The number of sulfonamides is 1. The fourth-order valence-electron chi connectivity index (χ4n) is 3.11. The van der Waals surface area contributed by atoms with Crippen molar-refractivity contribution in [3.8, 4) is 0 Å². The number of guanidine groups is 1. The lowest BCUT2D eigenvalue weighted by Gasteiger charge is -2.34. The van der Waals surface area contributed by atoms with Crippen molar-refractivity contribution in [3.05, 3.63) is 35.9 Å². The van der Waals surface area contributed by atoms with Crippen LogP contribution >= 0.6 is 24.0 Å². The molecule has 1 aliphatic heterocycles. The first-order chi connectivity index (χ1) is 12.0. The topological polar surface area (TPSA) is 73.8 Å². The van der Waals surface area contributed by atoms with Crippen molar-refractivity contribution in [2.75, 3.05) is 39.0 Å². The van der Waals surface area contributed by atoms with Crippen LogP contribution in [0.15, 0.2) is 35.3 Å². The molecule has 2 N–H and O–H groups in total. The highest BCUT2D eigenvalue weighted by Gasteiger charge is 2.21. The lowest BCUT2D eigenvalue weighted by Crippen LogP contribution is -2.47. The van der Waals surface area contributed by atoms with E-state index in [4.69, 9.17) is 0 Å². The van der Waals surface area contributed by atoms with E-state index in [1.165, 1.54) is 5.56 Å². The molecule has 1 aromatic carbocycles. The zero-order chi connectivity index (χ0) is 18.1. The lowest BCUT2D eigenvalue weighted by molar-refractivity contribution is 0.259. The summed E-state index contributed by atoms with van der Waals surface area (Å²) in [7, 11) is -1.36. The summed E-state index contributed by atoms with van der Waals surface area (Å²) in [6, 6.07) is 10.7. The third-order valence-electron chi connectivity index (χ3n) is 4.60. The minimum absolute atomic E-state index is 0. The molecule has 0 atom stereocenters. The molecule has 1 heterocycles. The number of rotatable bonds is 7. The van der Waals surface area contributed by atoms with Crippen LogP contribution in [0.5, 0.6) is 0 Å². The van der Waals surface area contributed by atoms with Crippen LogP contribution in [-0.2, 0) is 16.4 Å². The van der Waals surface area contributed by atoms with Crippen LogP contribution in [0.4, 0.5) is 0 Å². The van der Waals surface area contributed by atoms with Gasteiger partial charge in [-0.2, -0.15) is 0 Å². The average molecular weight is 494 g/mol. The predicted octanol–water partition coefficient (Wildman–Crippen LogP) is 2.07. The van der Waals surface area contributed by atoms with E-state index in [-0.39, 0.29) is 29.7 Å². The summed E-state index contributed by atoms with van der Waals surface area (Å²) in [5, 5.41) is 3.25. The highest BCUT2D eigenvalue weighted by molar-refractivity contribution is 14.0. The van der Waals surface area contributed by atoms with Gasteiger partial charge in [0.1, 0.15) is 0 Å². The van der Waals surface area contributed by atoms with Gasteiger partial charge >= 0.3 is 0 Å². The second kappa shape index (κ2) is 11.8. The Bertz CT molecular complexity index is 644. The van der Waals surface area contributed by atoms with E-state index < -0.39 is 10.0 Å². The molecule has 0 aliphatic carbocycles. The summed E-state index contributed by atoms with van der Waals surface area (Å²) in [5.74, 6) is 1.68. The van der Waals surface area contributed by atoms with Crippen molar-refractivity contribution in [2.24, 2.45) is 10.9 Å². The lowest BCUT2D eigenvalue weighted by atomic mass is 9.90. The molecule has 0 saturated carbocycles. The quantitative estimate of drug-likeness (QED) is 0.264. The first kappa shape index (κ1) is 23.2. The third-order valence-corrected chi connectivity index (χ3v) is 6.01. The number of aliphatic imine (C=N–C) groups is 1. The number of nitrogens with one attached hydrogen (secondary N) is 2. The Labute approximate surface area is 174 Å². The van der Waals surface area contributed by atoms with Crippen LogP contribution in [0, 0.1) is 5.92 Å². The molecule has 0 bridgehead atoms. The SMILES string of the molecule is CCS(=O)(=O)NCCNC(=NC)N1CCC(Cc2ccccc2)CC1.I. The number of hydrogen-bond donors (Lipinski definition) is 2. The van der Waals surface area contributed by atoms with E-state index in [9.17, 15) is 8.42 Å². The second-order valence-electron chi connectivity index (χ2n) is 6.39. The van der Waals surface area contributed by atoms with Crippen molar-refractivity contribution in [1.29, 1.82) is 0 Å². The van der Waals surface area contributed by atoms with Crippen LogP contribution in [0.1, 0.15) is 25.3 Å². The Morgan fingerprint density at radius 3 is 2.42 bits per heavy atom. The molecule has 2 rings (SSSR count). The molecule has 0 radical (unpaired) electrons. The summed E-state index contributed by atoms with van der Waals surface area (Å²) in [6.07, 6.45) is 3.44. The van der Waals surface area contributed by atoms with E-state index in [0.717, 1.165) is 38.3 Å². The van der Waals surface area contributed by atoms with Gasteiger partial charge in [0.2, 0.25) is 10.0 Å². The maximum Gasteiger partial charge on any atom is 0.211 e. The van der Waals surface area contributed by atoms with Crippen molar-refractivity contribution in [2.45, 2.75) is 26.2 Å². The Morgan fingerprint density at radius 1 is 1.19 bits per heavy atom. The molecule has 0 unspecified atom stereocenters. The van der Waals surface area contributed by atoms with Crippen LogP contribution in [0.25, 0.3) is 0 Å². The molecule has 1 aliphatic rings. The number of hydrogen-bond acceptors (Lipinski definition) is 3. The Morgan fingerprint density at radius 2 is 1.85 bits per heavy atom. The van der Waals surface area contributed by atoms with Crippen molar-refractivity contribution < 1.29 is 8.42 Å². The Kier molecular flexibility index (Phi) is 10.5. The van der Waals surface area contributed by atoms with E-state index >= 15 is 0 Å². The zero-order valence-electron chi connectivity index (χ0n) is 15.6. The number of piperidine rings is 1. The molecule has 148 valence electrons. The van der Waals surface area contributed by atoms with E-state index in [2.05, 4.69) is 50.3 Å². The molecule has 1 fully saturated rings. The number of likely N-dealkylation sites (tertiary alicyclic amines) is 1. The van der Waals surface area contributed by atoms with Gasteiger partial charge in [-0.05, 0) is 37.7 Å². The van der Waals surface area contributed by atoms with Gasteiger partial charge in [0, 0.05) is 33.2 Å². The highest BCUT2D eigenvalue weighted by Crippen LogP contribution is 2.21. The first-order valence-corrected chi connectivity index (χ1v) is 10.7. The van der Waals surface area contributed by atoms with Gasteiger partial charge in [-0.3, -0.25) is 4.99 Å². The largest absolute Gasteiger partial charge is 0.355 e. The molecule has 8 heteroatoms. The molecule has 26 heavy (non-hydrogen) atoms. The van der Waals surface area contributed by atoms with Gasteiger partial charge < -0.3 is 10.2 Å².